The third kappa shape index (κ3) is 3.23. The average Bonchev–Trinajstić information content (AvgIpc) is 2.57. The molecule has 22 heavy (non-hydrogen) atoms. The van der Waals surface area contributed by atoms with Gasteiger partial charge >= 0.3 is 0 Å². The summed E-state index contributed by atoms with van der Waals surface area (Å²) < 4.78 is 12.9. The number of pyridine rings is 2. The molecule has 1 aromatic carbocycles. The Labute approximate surface area is 127 Å². The highest BCUT2D eigenvalue weighted by Gasteiger charge is 2.08. The van der Waals surface area contributed by atoms with Gasteiger partial charge in [-0.1, -0.05) is 12.1 Å². The lowest BCUT2D eigenvalue weighted by molar-refractivity contribution is 0.0993. The Morgan fingerprint density at radius 3 is 2.32 bits per heavy atom. The molecular formula is C18H13FN2O. The van der Waals surface area contributed by atoms with Crippen molar-refractivity contribution >= 4 is 5.78 Å². The molecule has 4 heteroatoms. The first-order valence-corrected chi connectivity index (χ1v) is 6.87. The van der Waals surface area contributed by atoms with E-state index >= 15 is 0 Å². The second-order valence-corrected chi connectivity index (χ2v) is 4.87. The van der Waals surface area contributed by atoms with Gasteiger partial charge in [0.1, 0.15) is 5.82 Å². The second-order valence-electron chi connectivity index (χ2n) is 4.87. The van der Waals surface area contributed by atoms with Gasteiger partial charge in [0.05, 0.1) is 11.4 Å². The smallest absolute Gasteiger partial charge is 0.167 e. The molecular weight excluding hydrogens is 279 g/mol. The summed E-state index contributed by atoms with van der Waals surface area (Å²) in [7, 11) is 0. The minimum absolute atomic E-state index is 0.0626. The average molecular weight is 292 g/mol. The summed E-state index contributed by atoms with van der Waals surface area (Å²) in [4.78, 5) is 20.7. The van der Waals surface area contributed by atoms with Crippen molar-refractivity contribution in [1.82, 2.24) is 9.97 Å². The number of hydrogen-bond donors (Lipinski definition) is 0. The fraction of sp³-hybridized carbons (Fsp3) is 0.0556. The minimum Gasteiger partial charge on any atom is -0.294 e. The molecule has 0 radical (unpaired) electrons. The molecule has 2 aromatic heterocycles. The zero-order chi connectivity index (χ0) is 15.4. The molecule has 0 aliphatic heterocycles. The van der Waals surface area contributed by atoms with E-state index in [-0.39, 0.29) is 18.0 Å². The van der Waals surface area contributed by atoms with Gasteiger partial charge in [0.2, 0.25) is 0 Å². The van der Waals surface area contributed by atoms with E-state index < -0.39 is 0 Å². The van der Waals surface area contributed by atoms with E-state index in [0.29, 0.717) is 5.56 Å². The summed E-state index contributed by atoms with van der Waals surface area (Å²) >= 11 is 0. The van der Waals surface area contributed by atoms with E-state index in [0.717, 1.165) is 17.0 Å². The molecule has 0 saturated carbocycles. The summed E-state index contributed by atoms with van der Waals surface area (Å²) in [6.07, 6.45) is 3.62. The number of halogens is 1. The number of rotatable bonds is 4. The highest BCUT2D eigenvalue weighted by Crippen LogP contribution is 2.15. The van der Waals surface area contributed by atoms with E-state index in [2.05, 4.69) is 9.97 Å². The number of carbonyl (C=O) groups excluding carboxylic acids is 1. The molecule has 3 rings (SSSR count). The van der Waals surface area contributed by atoms with Crippen LogP contribution in [0.1, 0.15) is 15.9 Å². The van der Waals surface area contributed by atoms with Gasteiger partial charge in [-0.3, -0.25) is 14.8 Å². The third-order valence-electron chi connectivity index (χ3n) is 3.28. The molecule has 0 atom stereocenters. The van der Waals surface area contributed by atoms with Crippen molar-refractivity contribution in [2.75, 3.05) is 0 Å². The zero-order valence-corrected chi connectivity index (χ0v) is 11.7. The van der Waals surface area contributed by atoms with Crippen LogP contribution in [-0.4, -0.2) is 15.8 Å². The standard InChI is InChI=1S/C18H13FN2O/c19-15-7-5-14(6-8-15)18(22)11-13-4-9-17(21-12-13)16-3-1-2-10-20-16/h1-10,12H,11H2. The summed E-state index contributed by atoms with van der Waals surface area (Å²) in [5, 5.41) is 0. The van der Waals surface area contributed by atoms with Crippen molar-refractivity contribution in [2.45, 2.75) is 6.42 Å². The van der Waals surface area contributed by atoms with E-state index in [1.165, 1.54) is 24.3 Å². The molecule has 0 aliphatic carbocycles. The number of aromatic nitrogens is 2. The fourth-order valence-corrected chi connectivity index (χ4v) is 2.12. The molecule has 3 aromatic rings. The van der Waals surface area contributed by atoms with Gasteiger partial charge in [0.15, 0.2) is 5.78 Å². The van der Waals surface area contributed by atoms with Gasteiger partial charge in [0, 0.05) is 24.4 Å². The number of benzene rings is 1. The van der Waals surface area contributed by atoms with E-state index in [1.807, 2.05) is 30.3 Å². The topological polar surface area (TPSA) is 42.9 Å². The van der Waals surface area contributed by atoms with Crippen LogP contribution < -0.4 is 0 Å². The Balaban J connectivity index is 1.73. The van der Waals surface area contributed by atoms with Crippen molar-refractivity contribution in [2.24, 2.45) is 0 Å². The largest absolute Gasteiger partial charge is 0.294 e. The van der Waals surface area contributed by atoms with Crippen LogP contribution in [0.3, 0.4) is 0 Å². The van der Waals surface area contributed by atoms with E-state index in [9.17, 15) is 9.18 Å². The SMILES string of the molecule is O=C(Cc1ccc(-c2ccccn2)nc1)c1ccc(F)cc1. The number of Topliss-reactive ketones (excluding diaryl/α,β-unsaturated/α-hetero) is 1. The summed E-state index contributed by atoms with van der Waals surface area (Å²) in [6, 6.07) is 14.9. The fourth-order valence-electron chi connectivity index (χ4n) is 2.12. The van der Waals surface area contributed by atoms with Gasteiger partial charge in [0.25, 0.3) is 0 Å². The molecule has 0 spiro atoms. The maximum absolute atomic E-state index is 12.9. The zero-order valence-electron chi connectivity index (χ0n) is 11.7. The first-order valence-electron chi connectivity index (χ1n) is 6.87. The van der Waals surface area contributed by atoms with Crippen LogP contribution >= 0.6 is 0 Å². The first-order chi connectivity index (χ1) is 10.7. The minimum atomic E-state index is -0.349. The van der Waals surface area contributed by atoms with E-state index in [1.54, 1.807) is 12.4 Å². The molecule has 0 fully saturated rings. The van der Waals surface area contributed by atoms with Crippen LogP contribution in [0.2, 0.25) is 0 Å². The molecule has 0 unspecified atom stereocenters. The highest BCUT2D eigenvalue weighted by atomic mass is 19.1. The molecule has 0 saturated heterocycles. The summed E-state index contributed by atoms with van der Waals surface area (Å²) in [6.45, 7) is 0. The van der Waals surface area contributed by atoms with Crippen molar-refractivity contribution in [3.05, 3.63) is 83.9 Å². The van der Waals surface area contributed by atoms with Gasteiger partial charge in [-0.2, -0.15) is 0 Å². The maximum atomic E-state index is 12.9. The summed E-state index contributed by atoms with van der Waals surface area (Å²) in [5.74, 6) is -0.412. The monoisotopic (exact) mass is 292 g/mol. The van der Waals surface area contributed by atoms with Crippen molar-refractivity contribution in [3.8, 4) is 11.4 Å². The van der Waals surface area contributed by atoms with Crippen LogP contribution in [0, 0.1) is 5.82 Å². The number of hydrogen-bond acceptors (Lipinski definition) is 3. The Hall–Kier alpha value is -2.88. The lowest BCUT2D eigenvalue weighted by Gasteiger charge is -2.03. The molecule has 0 bridgehead atoms. The van der Waals surface area contributed by atoms with Crippen molar-refractivity contribution in [3.63, 3.8) is 0 Å². The maximum Gasteiger partial charge on any atom is 0.167 e. The Bertz CT molecular complexity index is 768. The molecule has 2 heterocycles. The van der Waals surface area contributed by atoms with Crippen LogP contribution in [0.15, 0.2) is 67.0 Å². The molecule has 0 amide bonds. The predicted octanol–water partition coefficient (Wildman–Crippen LogP) is 3.71. The van der Waals surface area contributed by atoms with Crippen molar-refractivity contribution < 1.29 is 9.18 Å². The summed E-state index contributed by atoms with van der Waals surface area (Å²) in [5.41, 5.74) is 2.86. The first kappa shape index (κ1) is 14.1. The lowest BCUT2D eigenvalue weighted by Crippen LogP contribution is -2.04. The van der Waals surface area contributed by atoms with Gasteiger partial charge in [-0.25, -0.2) is 4.39 Å². The van der Waals surface area contributed by atoms with Crippen LogP contribution in [0.25, 0.3) is 11.4 Å². The molecule has 0 N–H and O–H groups in total. The Morgan fingerprint density at radius 1 is 0.909 bits per heavy atom. The van der Waals surface area contributed by atoms with E-state index in [4.69, 9.17) is 0 Å². The molecule has 0 aliphatic rings. The van der Waals surface area contributed by atoms with Crippen LogP contribution in [-0.2, 0) is 6.42 Å². The van der Waals surface area contributed by atoms with Crippen LogP contribution in [0.5, 0.6) is 0 Å². The normalized spacial score (nSPS) is 10.4. The number of nitrogens with zero attached hydrogens (tertiary/aromatic N) is 2. The van der Waals surface area contributed by atoms with Crippen LogP contribution in [0.4, 0.5) is 4.39 Å². The quantitative estimate of drug-likeness (QED) is 0.688. The Morgan fingerprint density at radius 2 is 1.68 bits per heavy atom. The second kappa shape index (κ2) is 6.26. The van der Waals surface area contributed by atoms with Gasteiger partial charge in [-0.05, 0) is 48.0 Å². The molecule has 108 valence electrons. The van der Waals surface area contributed by atoms with Crippen molar-refractivity contribution in [1.29, 1.82) is 0 Å². The lowest BCUT2D eigenvalue weighted by atomic mass is 10.0. The number of ketones is 1. The Kier molecular flexibility index (Phi) is 4.01. The van der Waals surface area contributed by atoms with Gasteiger partial charge < -0.3 is 0 Å². The predicted molar refractivity (Wildman–Crippen MR) is 81.9 cm³/mol. The van der Waals surface area contributed by atoms with Gasteiger partial charge in [-0.15, -0.1) is 0 Å². The highest BCUT2D eigenvalue weighted by molar-refractivity contribution is 5.97. The third-order valence-corrected chi connectivity index (χ3v) is 3.28. The number of carbonyl (C=O) groups is 1. The molecule has 3 nitrogen and oxygen atoms in total.